The predicted octanol–water partition coefficient (Wildman–Crippen LogP) is 6.54. The van der Waals surface area contributed by atoms with Gasteiger partial charge in [-0.25, -0.2) is 0 Å². The standard InChI is InChI=1S/C23H36NP/c1-3-5-7-11-21-14-16-22(17-15-21)12-10-19-24(18-6-4-2)23-13-8-9-20-25-23/h8-9,13-17,25H,3-7,10-12,18-20H2,1-2H3. The van der Waals surface area contributed by atoms with E-state index in [2.05, 4.69) is 61.2 Å². The lowest BCUT2D eigenvalue weighted by Crippen LogP contribution is -2.24. The minimum Gasteiger partial charge on any atom is -0.371 e. The molecule has 0 bridgehead atoms. The molecule has 2 heteroatoms. The summed E-state index contributed by atoms with van der Waals surface area (Å²) in [6, 6.07) is 9.38. The van der Waals surface area contributed by atoms with E-state index in [1.165, 1.54) is 81.7 Å². The average Bonchev–Trinajstić information content (AvgIpc) is 2.66. The van der Waals surface area contributed by atoms with Crippen LogP contribution in [0.5, 0.6) is 0 Å². The summed E-state index contributed by atoms with van der Waals surface area (Å²) < 4.78 is 0. The molecule has 1 heterocycles. The molecule has 1 aliphatic rings. The summed E-state index contributed by atoms with van der Waals surface area (Å²) in [5.74, 6) is 0. The van der Waals surface area contributed by atoms with Gasteiger partial charge in [0.15, 0.2) is 0 Å². The topological polar surface area (TPSA) is 3.24 Å². The molecule has 1 aromatic rings. The molecular weight excluding hydrogens is 321 g/mol. The van der Waals surface area contributed by atoms with Crippen molar-refractivity contribution in [2.24, 2.45) is 0 Å². The van der Waals surface area contributed by atoms with E-state index in [4.69, 9.17) is 0 Å². The quantitative estimate of drug-likeness (QED) is 0.303. The van der Waals surface area contributed by atoms with Crippen LogP contribution in [0.25, 0.3) is 0 Å². The SMILES string of the molecule is CCCCCc1ccc(CCCN(CCCC)C2=CC=CCP2)cc1. The number of hydrogen-bond acceptors (Lipinski definition) is 1. The fourth-order valence-electron chi connectivity index (χ4n) is 3.29. The molecule has 0 N–H and O–H groups in total. The molecule has 1 unspecified atom stereocenters. The molecule has 1 aliphatic heterocycles. The van der Waals surface area contributed by atoms with Crippen molar-refractivity contribution in [3.63, 3.8) is 0 Å². The zero-order valence-corrected chi connectivity index (χ0v) is 17.3. The van der Waals surface area contributed by atoms with Gasteiger partial charge in [-0.2, -0.15) is 0 Å². The van der Waals surface area contributed by atoms with E-state index in [1.54, 1.807) is 5.44 Å². The number of nitrogens with zero attached hydrogens (tertiary/aromatic N) is 1. The Morgan fingerprint density at radius 2 is 1.48 bits per heavy atom. The lowest BCUT2D eigenvalue weighted by Gasteiger charge is -2.28. The molecule has 0 amide bonds. The molecule has 0 saturated heterocycles. The van der Waals surface area contributed by atoms with E-state index < -0.39 is 0 Å². The van der Waals surface area contributed by atoms with Crippen LogP contribution in [0.15, 0.2) is 47.9 Å². The van der Waals surface area contributed by atoms with Crippen molar-refractivity contribution in [3.05, 3.63) is 59.1 Å². The van der Waals surface area contributed by atoms with E-state index >= 15 is 0 Å². The summed E-state index contributed by atoms with van der Waals surface area (Å²) in [5.41, 5.74) is 4.57. The Kier molecular flexibility index (Phi) is 9.97. The van der Waals surface area contributed by atoms with Crippen molar-refractivity contribution in [2.75, 3.05) is 19.3 Å². The summed E-state index contributed by atoms with van der Waals surface area (Å²) in [5, 5.41) is 0. The van der Waals surface area contributed by atoms with Crippen LogP contribution in [0.2, 0.25) is 0 Å². The first-order valence-corrected chi connectivity index (χ1v) is 11.5. The first kappa shape index (κ1) is 20.2. The zero-order chi connectivity index (χ0) is 17.7. The Balaban J connectivity index is 1.78. The first-order valence-electron chi connectivity index (χ1n) is 10.3. The fraction of sp³-hybridized carbons (Fsp3) is 0.565. The van der Waals surface area contributed by atoms with E-state index in [0.717, 1.165) is 8.58 Å². The second kappa shape index (κ2) is 12.3. The molecule has 0 fully saturated rings. The van der Waals surface area contributed by atoms with Gasteiger partial charge in [0.2, 0.25) is 0 Å². The Hall–Kier alpha value is -1.07. The Bertz CT molecular complexity index is 530. The van der Waals surface area contributed by atoms with Gasteiger partial charge < -0.3 is 4.90 Å². The van der Waals surface area contributed by atoms with Crippen molar-refractivity contribution in [1.29, 1.82) is 0 Å². The van der Waals surface area contributed by atoms with Crippen LogP contribution in [0.4, 0.5) is 0 Å². The van der Waals surface area contributed by atoms with E-state index in [0.29, 0.717) is 0 Å². The smallest absolute Gasteiger partial charge is 0.0341 e. The molecule has 0 saturated carbocycles. The normalized spacial score (nSPS) is 14.7. The third-order valence-corrected chi connectivity index (χ3v) is 6.18. The molecule has 1 nitrogen and oxygen atoms in total. The third kappa shape index (κ3) is 7.78. The molecule has 0 radical (unpaired) electrons. The molecule has 1 atom stereocenters. The number of unbranched alkanes of at least 4 members (excludes halogenated alkanes) is 3. The van der Waals surface area contributed by atoms with Gasteiger partial charge >= 0.3 is 0 Å². The van der Waals surface area contributed by atoms with Crippen molar-refractivity contribution in [2.45, 2.75) is 65.2 Å². The maximum atomic E-state index is 2.64. The Morgan fingerprint density at radius 1 is 0.840 bits per heavy atom. The number of rotatable bonds is 12. The molecule has 0 spiro atoms. The fourth-order valence-corrected chi connectivity index (χ4v) is 4.42. The lowest BCUT2D eigenvalue weighted by molar-refractivity contribution is 0.352. The van der Waals surface area contributed by atoms with Gasteiger partial charge in [0, 0.05) is 18.5 Å². The highest BCUT2D eigenvalue weighted by molar-refractivity contribution is 7.43. The maximum Gasteiger partial charge on any atom is 0.0341 e. The number of allylic oxidation sites excluding steroid dienone is 3. The van der Waals surface area contributed by atoms with Crippen molar-refractivity contribution in [3.8, 4) is 0 Å². The van der Waals surface area contributed by atoms with Gasteiger partial charge in [-0.05, 0) is 55.5 Å². The first-order chi connectivity index (χ1) is 12.3. The third-order valence-electron chi connectivity index (χ3n) is 4.90. The van der Waals surface area contributed by atoms with E-state index in [1.807, 2.05) is 0 Å². The number of aryl methyl sites for hydroxylation is 2. The highest BCUT2D eigenvalue weighted by Gasteiger charge is 2.10. The highest BCUT2D eigenvalue weighted by Crippen LogP contribution is 2.30. The van der Waals surface area contributed by atoms with Crippen LogP contribution in [0.1, 0.15) is 63.5 Å². The van der Waals surface area contributed by atoms with Crippen LogP contribution in [0, 0.1) is 0 Å². The average molecular weight is 358 g/mol. The van der Waals surface area contributed by atoms with Gasteiger partial charge in [-0.1, -0.05) is 78.1 Å². The zero-order valence-electron chi connectivity index (χ0n) is 16.3. The predicted molar refractivity (Wildman–Crippen MR) is 115 cm³/mol. The van der Waals surface area contributed by atoms with Gasteiger partial charge in [0.05, 0.1) is 0 Å². The molecular formula is C23H36NP. The molecule has 0 aliphatic carbocycles. The second-order valence-electron chi connectivity index (χ2n) is 7.08. The summed E-state index contributed by atoms with van der Waals surface area (Å²) in [6.45, 7) is 6.98. The molecule has 2 rings (SSSR count). The van der Waals surface area contributed by atoms with Crippen LogP contribution in [0.3, 0.4) is 0 Å². The van der Waals surface area contributed by atoms with Crippen LogP contribution < -0.4 is 0 Å². The monoisotopic (exact) mass is 357 g/mol. The minimum atomic E-state index is 0.960. The van der Waals surface area contributed by atoms with Crippen molar-refractivity contribution in [1.82, 2.24) is 4.90 Å². The van der Waals surface area contributed by atoms with Gasteiger partial charge in [-0.3, -0.25) is 0 Å². The summed E-state index contributed by atoms with van der Waals surface area (Å²) in [4.78, 5) is 2.64. The van der Waals surface area contributed by atoms with Crippen molar-refractivity contribution < 1.29 is 0 Å². The molecule has 138 valence electrons. The summed E-state index contributed by atoms with van der Waals surface area (Å²) >= 11 is 0. The van der Waals surface area contributed by atoms with Crippen LogP contribution in [-0.2, 0) is 12.8 Å². The minimum absolute atomic E-state index is 0.960. The lowest BCUT2D eigenvalue weighted by atomic mass is 10.0. The van der Waals surface area contributed by atoms with Gasteiger partial charge in [0.25, 0.3) is 0 Å². The largest absolute Gasteiger partial charge is 0.371 e. The summed E-state index contributed by atoms with van der Waals surface area (Å²) in [7, 11) is 0.960. The molecule has 25 heavy (non-hydrogen) atoms. The second-order valence-corrected chi connectivity index (χ2v) is 8.35. The molecule has 0 aromatic heterocycles. The Morgan fingerprint density at radius 3 is 2.08 bits per heavy atom. The van der Waals surface area contributed by atoms with E-state index in [-0.39, 0.29) is 0 Å². The van der Waals surface area contributed by atoms with Crippen molar-refractivity contribution >= 4 is 8.58 Å². The van der Waals surface area contributed by atoms with E-state index in [9.17, 15) is 0 Å². The number of hydrogen-bond donors (Lipinski definition) is 0. The summed E-state index contributed by atoms with van der Waals surface area (Å²) in [6.07, 6.45) is 18.4. The van der Waals surface area contributed by atoms with Crippen LogP contribution >= 0.6 is 8.58 Å². The van der Waals surface area contributed by atoms with Crippen LogP contribution in [-0.4, -0.2) is 24.2 Å². The van der Waals surface area contributed by atoms with Gasteiger partial charge in [0.1, 0.15) is 0 Å². The maximum absolute atomic E-state index is 2.64. The molecule has 1 aromatic carbocycles. The Labute approximate surface area is 157 Å². The number of benzene rings is 1. The van der Waals surface area contributed by atoms with Gasteiger partial charge in [-0.15, -0.1) is 0 Å². The highest BCUT2D eigenvalue weighted by atomic mass is 31.1.